The summed E-state index contributed by atoms with van der Waals surface area (Å²) in [4.78, 5) is 36.1. The van der Waals surface area contributed by atoms with E-state index in [9.17, 15) is 32.7 Å². The number of hydrogen-bond acceptors (Lipinski definition) is 4. The summed E-state index contributed by atoms with van der Waals surface area (Å²) in [6.45, 7) is 2.56. The van der Waals surface area contributed by atoms with Gasteiger partial charge >= 0.3 is 12.1 Å². The van der Waals surface area contributed by atoms with E-state index < -0.39 is 48.0 Å². The molecule has 8 heteroatoms. The number of Topliss-reactive ketones (excluding diaryl/α,β-unsaturated/α-hetero) is 2. The van der Waals surface area contributed by atoms with E-state index in [1.165, 1.54) is 6.42 Å². The molecule has 1 aliphatic heterocycles. The van der Waals surface area contributed by atoms with Crippen molar-refractivity contribution in [1.29, 1.82) is 0 Å². The Labute approximate surface area is 170 Å². The Morgan fingerprint density at radius 1 is 1.03 bits per heavy atom. The molecule has 0 spiro atoms. The monoisotopic (exact) mass is 421 g/mol. The normalized spacial score (nSPS) is 19.5. The summed E-state index contributed by atoms with van der Waals surface area (Å²) >= 11 is 0. The third-order valence-corrected chi connectivity index (χ3v) is 5.56. The van der Waals surface area contributed by atoms with Gasteiger partial charge in [0.25, 0.3) is 0 Å². The predicted octanol–water partition coefficient (Wildman–Crippen LogP) is 4.68. The maximum absolute atomic E-state index is 13.4. The van der Waals surface area contributed by atoms with Crippen LogP contribution in [0.3, 0.4) is 0 Å². The highest BCUT2D eigenvalue weighted by atomic mass is 19.4. The number of nitrogens with one attached hydrogen (secondary N) is 1. The molecule has 2 N–H and O–H groups in total. The molecule has 1 aliphatic rings. The molecule has 0 aromatic carbocycles. The van der Waals surface area contributed by atoms with Crippen LogP contribution in [-0.4, -0.2) is 41.4 Å². The Balaban J connectivity index is 2.67. The fraction of sp³-hybridized carbons (Fsp3) is 0.857. The second-order valence-corrected chi connectivity index (χ2v) is 7.99. The van der Waals surface area contributed by atoms with Gasteiger partial charge in [-0.15, -0.1) is 0 Å². The summed E-state index contributed by atoms with van der Waals surface area (Å²) in [7, 11) is 0. The van der Waals surface area contributed by atoms with Crippen molar-refractivity contribution >= 4 is 17.5 Å². The molecular weight excluding hydrogens is 387 g/mol. The van der Waals surface area contributed by atoms with Gasteiger partial charge in [-0.2, -0.15) is 13.2 Å². The standard InChI is InChI=1S/C21H34F3NO4/c1-2-3-4-5-6-7-8-11-15(26)14-17(27)18(16-12-9-10-13-25-16)19(20(28)29)21(22,23)24/h16,18-19,25H,2-14H2,1H3,(H,28,29). The van der Waals surface area contributed by atoms with Crippen molar-refractivity contribution in [1.82, 2.24) is 5.32 Å². The zero-order valence-electron chi connectivity index (χ0n) is 17.2. The third kappa shape index (κ3) is 9.28. The van der Waals surface area contributed by atoms with Gasteiger partial charge in [-0.25, -0.2) is 0 Å². The van der Waals surface area contributed by atoms with E-state index in [1.807, 2.05) is 0 Å². The Bertz CT molecular complexity index is 531. The van der Waals surface area contributed by atoms with Gasteiger partial charge in [-0.3, -0.25) is 14.4 Å². The van der Waals surface area contributed by atoms with Crippen LogP contribution >= 0.6 is 0 Å². The van der Waals surface area contributed by atoms with Crippen LogP contribution in [0.25, 0.3) is 0 Å². The van der Waals surface area contributed by atoms with Gasteiger partial charge in [0.15, 0.2) is 5.92 Å². The molecule has 0 aromatic rings. The number of carboxylic acids is 1. The zero-order valence-corrected chi connectivity index (χ0v) is 17.2. The minimum absolute atomic E-state index is 0.147. The van der Waals surface area contributed by atoms with Crippen LogP contribution in [0.15, 0.2) is 0 Å². The van der Waals surface area contributed by atoms with Crippen LogP contribution in [0.2, 0.25) is 0 Å². The highest BCUT2D eigenvalue weighted by Crippen LogP contribution is 2.37. The molecule has 1 fully saturated rings. The molecule has 1 heterocycles. The topological polar surface area (TPSA) is 83.5 Å². The number of piperidine rings is 1. The van der Waals surface area contributed by atoms with Gasteiger partial charge in [-0.05, 0) is 25.8 Å². The lowest BCUT2D eigenvalue weighted by Gasteiger charge is -2.34. The lowest BCUT2D eigenvalue weighted by molar-refractivity contribution is -0.207. The first kappa shape index (κ1) is 25.6. The molecule has 3 atom stereocenters. The molecule has 0 radical (unpaired) electrons. The molecule has 0 bridgehead atoms. The van der Waals surface area contributed by atoms with Gasteiger partial charge in [-0.1, -0.05) is 51.9 Å². The van der Waals surface area contributed by atoms with E-state index in [1.54, 1.807) is 0 Å². The maximum Gasteiger partial charge on any atom is 0.402 e. The number of alkyl halides is 3. The predicted molar refractivity (Wildman–Crippen MR) is 104 cm³/mol. The number of hydrogen-bond donors (Lipinski definition) is 2. The van der Waals surface area contributed by atoms with Crippen molar-refractivity contribution in [2.24, 2.45) is 11.8 Å². The first-order valence-electron chi connectivity index (χ1n) is 10.8. The van der Waals surface area contributed by atoms with Gasteiger partial charge in [0.1, 0.15) is 11.6 Å². The third-order valence-electron chi connectivity index (χ3n) is 5.56. The molecule has 0 aromatic heterocycles. The van der Waals surface area contributed by atoms with Crippen LogP contribution in [0.1, 0.15) is 84.0 Å². The molecule has 0 aliphatic carbocycles. The molecule has 29 heavy (non-hydrogen) atoms. The maximum atomic E-state index is 13.4. The minimum Gasteiger partial charge on any atom is -0.481 e. The van der Waals surface area contributed by atoms with Crippen LogP contribution in [0.5, 0.6) is 0 Å². The molecular formula is C21H34F3NO4. The summed E-state index contributed by atoms with van der Waals surface area (Å²) in [6.07, 6.45) is 3.14. The molecule has 1 rings (SSSR count). The first-order valence-corrected chi connectivity index (χ1v) is 10.8. The van der Waals surface area contributed by atoms with Crippen molar-refractivity contribution in [3.05, 3.63) is 0 Å². The Hall–Kier alpha value is -1.44. The Kier molecular flexibility index (Phi) is 11.5. The van der Waals surface area contributed by atoms with Crippen LogP contribution < -0.4 is 5.32 Å². The van der Waals surface area contributed by atoms with E-state index in [0.717, 1.165) is 38.5 Å². The van der Waals surface area contributed by atoms with E-state index >= 15 is 0 Å². The van der Waals surface area contributed by atoms with Crippen LogP contribution in [-0.2, 0) is 14.4 Å². The lowest BCUT2D eigenvalue weighted by Crippen LogP contribution is -2.52. The molecule has 0 amide bonds. The highest BCUT2D eigenvalue weighted by Gasteiger charge is 2.54. The fourth-order valence-electron chi connectivity index (χ4n) is 4.00. The summed E-state index contributed by atoms with van der Waals surface area (Å²) in [5, 5.41) is 12.0. The minimum atomic E-state index is -5.05. The van der Waals surface area contributed by atoms with Crippen LogP contribution in [0.4, 0.5) is 13.2 Å². The van der Waals surface area contributed by atoms with Crippen molar-refractivity contribution in [3.63, 3.8) is 0 Å². The second kappa shape index (κ2) is 13.0. The summed E-state index contributed by atoms with van der Waals surface area (Å²) < 4.78 is 40.2. The number of carbonyl (C=O) groups excluding carboxylic acids is 2. The first-order chi connectivity index (χ1) is 13.7. The quantitative estimate of drug-likeness (QED) is 0.314. The number of unbranched alkanes of at least 4 members (excludes halogenated alkanes) is 6. The highest BCUT2D eigenvalue weighted by molar-refractivity contribution is 6.01. The van der Waals surface area contributed by atoms with E-state index in [-0.39, 0.29) is 6.42 Å². The Morgan fingerprint density at radius 3 is 2.17 bits per heavy atom. The van der Waals surface area contributed by atoms with E-state index in [2.05, 4.69) is 12.2 Å². The van der Waals surface area contributed by atoms with Crippen molar-refractivity contribution in [3.8, 4) is 0 Å². The van der Waals surface area contributed by atoms with Crippen molar-refractivity contribution in [2.45, 2.75) is 96.2 Å². The summed E-state index contributed by atoms with van der Waals surface area (Å²) in [5.41, 5.74) is 0. The van der Waals surface area contributed by atoms with E-state index in [0.29, 0.717) is 25.8 Å². The average molecular weight is 422 g/mol. The number of aliphatic carboxylic acids is 1. The van der Waals surface area contributed by atoms with Gasteiger partial charge in [0.2, 0.25) is 0 Å². The summed E-state index contributed by atoms with van der Waals surface area (Å²) in [6, 6.07) is -0.870. The number of rotatable bonds is 14. The van der Waals surface area contributed by atoms with Crippen LogP contribution in [0, 0.1) is 11.8 Å². The molecule has 3 unspecified atom stereocenters. The lowest BCUT2D eigenvalue weighted by atomic mass is 9.77. The van der Waals surface area contributed by atoms with E-state index in [4.69, 9.17) is 0 Å². The molecule has 1 saturated heterocycles. The van der Waals surface area contributed by atoms with Gasteiger partial charge in [0.05, 0.1) is 12.3 Å². The smallest absolute Gasteiger partial charge is 0.402 e. The number of halogens is 3. The molecule has 168 valence electrons. The van der Waals surface area contributed by atoms with Crippen molar-refractivity contribution in [2.75, 3.05) is 6.54 Å². The van der Waals surface area contributed by atoms with Gasteiger partial charge in [0, 0.05) is 12.5 Å². The number of ketones is 2. The fourth-order valence-corrected chi connectivity index (χ4v) is 4.00. The molecule has 5 nitrogen and oxygen atoms in total. The number of carboxylic acid groups (broad SMARTS) is 1. The van der Waals surface area contributed by atoms with Gasteiger partial charge < -0.3 is 10.4 Å². The zero-order chi connectivity index (χ0) is 21.9. The summed E-state index contributed by atoms with van der Waals surface area (Å²) in [5.74, 6) is -7.96. The van der Waals surface area contributed by atoms with Crippen molar-refractivity contribution < 1.29 is 32.7 Å². The number of carbonyl (C=O) groups is 3. The second-order valence-electron chi connectivity index (χ2n) is 7.99. The average Bonchev–Trinajstić information content (AvgIpc) is 2.64. The molecule has 0 saturated carbocycles. The SMILES string of the molecule is CCCCCCCCCC(=O)CC(=O)C(C1CCCCN1)C(C(=O)O)C(F)(F)F. The Morgan fingerprint density at radius 2 is 1.66 bits per heavy atom. The largest absolute Gasteiger partial charge is 0.481 e.